The Morgan fingerprint density at radius 3 is 3.04 bits per heavy atom. The molecule has 0 bridgehead atoms. The molecule has 1 N–H and O–H groups in total. The summed E-state index contributed by atoms with van der Waals surface area (Å²) in [5, 5.41) is 7.27. The third-order valence-electron chi connectivity index (χ3n) is 4.97. The molecule has 0 radical (unpaired) electrons. The average molecular weight is 328 g/mol. The fourth-order valence-electron chi connectivity index (χ4n) is 3.61. The van der Waals surface area contributed by atoms with Crippen molar-refractivity contribution in [1.29, 1.82) is 0 Å². The predicted octanol–water partition coefficient (Wildman–Crippen LogP) is 1.52. The van der Waals surface area contributed by atoms with E-state index in [0.717, 1.165) is 25.0 Å². The van der Waals surface area contributed by atoms with Gasteiger partial charge in [0.2, 0.25) is 0 Å². The molecule has 1 saturated heterocycles. The van der Waals surface area contributed by atoms with Crippen LogP contribution < -0.4 is 4.74 Å². The fourth-order valence-corrected chi connectivity index (χ4v) is 3.61. The summed E-state index contributed by atoms with van der Waals surface area (Å²) in [7, 11) is 1.58. The number of piperidine rings is 1. The van der Waals surface area contributed by atoms with Crippen molar-refractivity contribution in [2.75, 3.05) is 26.8 Å². The van der Waals surface area contributed by atoms with Crippen molar-refractivity contribution in [1.82, 2.24) is 20.1 Å². The van der Waals surface area contributed by atoms with E-state index < -0.39 is 0 Å². The van der Waals surface area contributed by atoms with E-state index in [0.29, 0.717) is 31.1 Å². The lowest BCUT2D eigenvalue weighted by Gasteiger charge is -2.43. The van der Waals surface area contributed by atoms with Gasteiger partial charge >= 0.3 is 0 Å². The summed E-state index contributed by atoms with van der Waals surface area (Å²) in [5.41, 5.74) is 2.40. The molecule has 1 spiro atoms. The van der Waals surface area contributed by atoms with Crippen molar-refractivity contribution in [2.24, 2.45) is 0 Å². The molecule has 2 aromatic heterocycles. The van der Waals surface area contributed by atoms with Gasteiger partial charge in [-0.2, -0.15) is 5.10 Å². The lowest BCUT2D eigenvalue weighted by Crippen LogP contribution is -2.48. The molecule has 1 fully saturated rings. The van der Waals surface area contributed by atoms with E-state index in [1.165, 1.54) is 5.56 Å². The van der Waals surface area contributed by atoms with Crippen molar-refractivity contribution in [2.45, 2.75) is 24.9 Å². The number of pyridine rings is 1. The van der Waals surface area contributed by atoms with Gasteiger partial charge < -0.3 is 14.4 Å². The Hall–Kier alpha value is -2.41. The quantitative estimate of drug-likeness (QED) is 0.904. The van der Waals surface area contributed by atoms with Crippen LogP contribution in [0.15, 0.2) is 24.5 Å². The maximum absolute atomic E-state index is 12.7. The number of likely N-dealkylation sites (tertiary alicyclic amines) is 1. The number of amides is 1. The number of fused-ring (bicyclic) bond motifs is 2. The molecule has 0 aromatic carbocycles. The smallest absolute Gasteiger partial charge is 0.272 e. The van der Waals surface area contributed by atoms with Crippen LogP contribution in [0.25, 0.3) is 0 Å². The van der Waals surface area contributed by atoms with E-state index in [1.54, 1.807) is 25.4 Å². The molecule has 0 saturated carbocycles. The minimum atomic E-state index is -0.331. The summed E-state index contributed by atoms with van der Waals surface area (Å²) in [6, 6.07) is 3.41. The number of hydrogen-bond acceptors (Lipinski definition) is 5. The van der Waals surface area contributed by atoms with Gasteiger partial charge in [0.1, 0.15) is 17.0 Å². The van der Waals surface area contributed by atoms with Gasteiger partial charge in [-0.25, -0.2) is 0 Å². The minimum absolute atomic E-state index is 0.0654. The third kappa shape index (κ3) is 2.45. The van der Waals surface area contributed by atoms with Crippen LogP contribution in [0.1, 0.15) is 34.6 Å². The largest absolute Gasteiger partial charge is 0.497 e. The van der Waals surface area contributed by atoms with Crippen LogP contribution in [-0.2, 0) is 16.8 Å². The topological polar surface area (TPSA) is 80.3 Å². The molecule has 126 valence electrons. The molecule has 0 aliphatic carbocycles. The predicted molar refractivity (Wildman–Crippen MR) is 85.8 cm³/mol. The second-order valence-electron chi connectivity index (χ2n) is 6.24. The van der Waals surface area contributed by atoms with Gasteiger partial charge in [0, 0.05) is 25.4 Å². The van der Waals surface area contributed by atoms with Gasteiger partial charge in [-0.3, -0.25) is 14.9 Å². The maximum atomic E-state index is 12.7. The van der Waals surface area contributed by atoms with Gasteiger partial charge in [-0.05, 0) is 30.9 Å². The van der Waals surface area contributed by atoms with E-state index in [4.69, 9.17) is 9.47 Å². The molecule has 7 heteroatoms. The van der Waals surface area contributed by atoms with Gasteiger partial charge in [0.15, 0.2) is 0 Å². The van der Waals surface area contributed by atoms with E-state index in [9.17, 15) is 4.79 Å². The lowest BCUT2D eigenvalue weighted by molar-refractivity contribution is -0.0962. The first kappa shape index (κ1) is 15.1. The summed E-state index contributed by atoms with van der Waals surface area (Å²) in [6.45, 7) is 1.98. The highest BCUT2D eigenvalue weighted by Gasteiger charge is 2.43. The number of hydrogen-bond donors (Lipinski definition) is 1. The van der Waals surface area contributed by atoms with E-state index in [1.807, 2.05) is 11.1 Å². The van der Waals surface area contributed by atoms with Crippen molar-refractivity contribution in [3.63, 3.8) is 0 Å². The van der Waals surface area contributed by atoms with Crippen LogP contribution in [0.4, 0.5) is 0 Å². The van der Waals surface area contributed by atoms with Crippen molar-refractivity contribution < 1.29 is 14.3 Å². The number of ether oxygens (including phenoxy) is 2. The van der Waals surface area contributed by atoms with Crippen LogP contribution in [0.3, 0.4) is 0 Å². The van der Waals surface area contributed by atoms with Crippen LogP contribution in [0, 0.1) is 0 Å². The first-order valence-electron chi connectivity index (χ1n) is 8.18. The molecule has 4 rings (SSSR count). The van der Waals surface area contributed by atoms with Gasteiger partial charge in [0.05, 0.1) is 25.6 Å². The second-order valence-corrected chi connectivity index (χ2v) is 6.24. The molecule has 1 amide bonds. The first-order valence-corrected chi connectivity index (χ1v) is 8.18. The normalized spacial score (nSPS) is 19.1. The second kappa shape index (κ2) is 5.90. The summed E-state index contributed by atoms with van der Waals surface area (Å²) < 4.78 is 11.3. The number of rotatable bonds is 2. The Bertz CT molecular complexity index is 750. The van der Waals surface area contributed by atoms with Crippen LogP contribution in [-0.4, -0.2) is 52.8 Å². The molecule has 0 atom stereocenters. The minimum Gasteiger partial charge on any atom is -0.497 e. The molecule has 2 aliphatic heterocycles. The Balaban J connectivity index is 1.50. The van der Waals surface area contributed by atoms with Crippen LogP contribution >= 0.6 is 0 Å². The van der Waals surface area contributed by atoms with E-state index >= 15 is 0 Å². The molecule has 2 aliphatic rings. The maximum Gasteiger partial charge on any atom is 0.272 e. The van der Waals surface area contributed by atoms with Crippen LogP contribution in [0.2, 0.25) is 0 Å². The number of nitrogens with one attached hydrogen (secondary N) is 1. The standard InChI is InChI=1S/C17H20N4O3/c1-23-13-2-6-18-14(10-13)16(22)21-7-4-17(5-8-21)15-12(3-9-24-17)11-19-20-15/h2,6,10-11H,3-5,7-9H2,1H3,(H,19,20). The molecular formula is C17H20N4O3. The zero-order valence-electron chi connectivity index (χ0n) is 13.6. The molecule has 7 nitrogen and oxygen atoms in total. The number of aromatic amines is 1. The molecule has 2 aromatic rings. The molecular weight excluding hydrogens is 308 g/mol. The monoisotopic (exact) mass is 328 g/mol. The lowest BCUT2D eigenvalue weighted by atomic mass is 9.83. The fraction of sp³-hybridized carbons (Fsp3) is 0.471. The number of methoxy groups -OCH3 is 1. The highest BCUT2D eigenvalue weighted by molar-refractivity contribution is 5.92. The van der Waals surface area contributed by atoms with Gasteiger partial charge in [-0.1, -0.05) is 0 Å². The van der Waals surface area contributed by atoms with Crippen LogP contribution in [0.5, 0.6) is 5.75 Å². The summed E-state index contributed by atoms with van der Waals surface area (Å²) >= 11 is 0. The Morgan fingerprint density at radius 1 is 1.42 bits per heavy atom. The summed E-state index contributed by atoms with van der Waals surface area (Å²) in [4.78, 5) is 18.7. The average Bonchev–Trinajstić information content (AvgIpc) is 3.12. The number of carbonyl (C=O) groups is 1. The Morgan fingerprint density at radius 2 is 2.25 bits per heavy atom. The Kier molecular flexibility index (Phi) is 3.72. The molecule has 24 heavy (non-hydrogen) atoms. The van der Waals surface area contributed by atoms with Gasteiger partial charge in [0.25, 0.3) is 5.91 Å². The van der Waals surface area contributed by atoms with Gasteiger partial charge in [-0.15, -0.1) is 0 Å². The number of H-pyrrole nitrogens is 1. The van der Waals surface area contributed by atoms with Crippen molar-refractivity contribution >= 4 is 5.91 Å². The summed E-state index contributed by atoms with van der Waals surface area (Å²) in [6.07, 6.45) is 5.90. The summed E-state index contributed by atoms with van der Waals surface area (Å²) in [5.74, 6) is 0.573. The van der Waals surface area contributed by atoms with E-state index in [-0.39, 0.29) is 11.5 Å². The Labute approximate surface area is 140 Å². The zero-order chi connectivity index (χ0) is 16.6. The number of nitrogens with zero attached hydrogens (tertiary/aromatic N) is 3. The van der Waals surface area contributed by atoms with Crippen molar-refractivity contribution in [3.05, 3.63) is 41.5 Å². The third-order valence-corrected chi connectivity index (χ3v) is 4.97. The first-order chi connectivity index (χ1) is 11.7. The number of carbonyl (C=O) groups excluding carboxylic acids is 1. The SMILES string of the molecule is COc1ccnc(C(=O)N2CCC3(CC2)OCCc2cn[nH]c23)c1. The number of aromatic nitrogens is 3. The highest BCUT2D eigenvalue weighted by Crippen LogP contribution is 2.40. The molecule has 4 heterocycles. The van der Waals surface area contributed by atoms with Crippen molar-refractivity contribution in [3.8, 4) is 5.75 Å². The molecule has 0 unspecified atom stereocenters. The highest BCUT2D eigenvalue weighted by atomic mass is 16.5. The zero-order valence-corrected chi connectivity index (χ0v) is 13.6. The van der Waals surface area contributed by atoms with E-state index in [2.05, 4.69) is 15.2 Å².